The highest BCUT2D eigenvalue weighted by Crippen LogP contribution is 2.13. The topological polar surface area (TPSA) is 53.8 Å². The van der Waals surface area contributed by atoms with Crippen molar-refractivity contribution in [3.05, 3.63) is 71.1 Å². The van der Waals surface area contributed by atoms with Crippen molar-refractivity contribution >= 4 is 11.9 Å². The van der Waals surface area contributed by atoms with Gasteiger partial charge < -0.3 is 0 Å². The van der Waals surface area contributed by atoms with Gasteiger partial charge in [0.1, 0.15) is 11.6 Å². The summed E-state index contributed by atoms with van der Waals surface area (Å²) in [6, 6.07) is 12.7. The fourth-order valence-electron chi connectivity index (χ4n) is 1.72. The maximum Gasteiger partial charge on any atom is 0.203 e. The van der Waals surface area contributed by atoms with E-state index in [1.54, 1.807) is 42.7 Å². The first-order valence-electron chi connectivity index (χ1n) is 5.84. The lowest BCUT2D eigenvalue weighted by Gasteiger charge is -2.01. The molecule has 0 atom stereocenters. The molecule has 0 radical (unpaired) electrons. The van der Waals surface area contributed by atoms with Crippen molar-refractivity contribution in [2.75, 3.05) is 0 Å². The zero-order valence-electron chi connectivity index (χ0n) is 10.5. The Labute approximate surface area is 111 Å². The predicted molar refractivity (Wildman–Crippen MR) is 73.3 cm³/mol. The standard InChI is InChI=1S/C16H12N2O/c1-12-4-2-6-14(8-12)16(19)15(10-17)9-13-5-3-7-18-11-13/h2-9,11H,1H3/b15-9+. The molecular weight excluding hydrogens is 236 g/mol. The van der Waals surface area contributed by atoms with Crippen LogP contribution in [0.25, 0.3) is 6.08 Å². The van der Waals surface area contributed by atoms with E-state index in [1.807, 2.05) is 25.1 Å². The fraction of sp³-hybridized carbons (Fsp3) is 0.0625. The molecule has 92 valence electrons. The monoisotopic (exact) mass is 248 g/mol. The highest BCUT2D eigenvalue weighted by Gasteiger charge is 2.11. The summed E-state index contributed by atoms with van der Waals surface area (Å²) in [7, 11) is 0. The molecule has 0 fully saturated rings. The summed E-state index contributed by atoms with van der Waals surface area (Å²) >= 11 is 0. The highest BCUT2D eigenvalue weighted by atomic mass is 16.1. The number of hydrogen-bond donors (Lipinski definition) is 0. The number of nitriles is 1. The number of aryl methyl sites for hydroxylation is 1. The van der Waals surface area contributed by atoms with Gasteiger partial charge in [0.15, 0.2) is 0 Å². The first-order valence-corrected chi connectivity index (χ1v) is 5.84. The van der Waals surface area contributed by atoms with Gasteiger partial charge in [-0.15, -0.1) is 0 Å². The van der Waals surface area contributed by atoms with Gasteiger partial charge >= 0.3 is 0 Å². The van der Waals surface area contributed by atoms with Gasteiger partial charge in [-0.25, -0.2) is 0 Å². The van der Waals surface area contributed by atoms with Gasteiger partial charge in [0.25, 0.3) is 0 Å². The predicted octanol–water partition coefficient (Wildman–Crippen LogP) is 3.18. The van der Waals surface area contributed by atoms with Crippen molar-refractivity contribution in [3.8, 4) is 6.07 Å². The maximum absolute atomic E-state index is 12.2. The molecule has 0 spiro atoms. The Morgan fingerprint density at radius 3 is 2.79 bits per heavy atom. The van der Waals surface area contributed by atoms with Gasteiger partial charge in [0.05, 0.1) is 0 Å². The van der Waals surface area contributed by atoms with Crippen LogP contribution in [-0.2, 0) is 0 Å². The van der Waals surface area contributed by atoms with Crippen LogP contribution in [0.2, 0.25) is 0 Å². The number of carbonyl (C=O) groups is 1. The van der Waals surface area contributed by atoms with E-state index in [1.165, 1.54) is 0 Å². The van der Waals surface area contributed by atoms with Gasteiger partial charge in [-0.3, -0.25) is 9.78 Å². The van der Waals surface area contributed by atoms with Gasteiger partial charge in [-0.05, 0) is 30.7 Å². The van der Waals surface area contributed by atoms with Crippen LogP contribution in [0.5, 0.6) is 0 Å². The number of ketones is 1. The number of rotatable bonds is 3. The molecule has 0 aliphatic heterocycles. The van der Waals surface area contributed by atoms with Crippen molar-refractivity contribution in [1.82, 2.24) is 4.98 Å². The summed E-state index contributed by atoms with van der Waals surface area (Å²) < 4.78 is 0. The molecule has 0 aliphatic carbocycles. The lowest BCUT2D eigenvalue weighted by atomic mass is 10.0. The number of allylic oxidation sites excluding steroid dienone is 1. The van der Waals surface area contributed by atoms with Crippen molar-refractivity contribution in [2.45, 2.75) is 6.92 Å². The molecule has 1 aromatic heterocycles. The summed E-state index contributed by atoms with van der Waals surface area (Å²) in [6.45, 7) is 1.91. The molecule has 1 heterocycles. The molecule has 0 N–H and O–H groups in total. The molecule has 1 aromatic carbocycles. The third kappa shape index (κ3) is 3.14. The van der Waals surface area contributed by atoms with E-state index in [2.05, 4.69) is 4.98 Å². The number of pyridine rings is 1. The van der Waals surface area contributed by atoms with Crippen LogP contribution in [0.3, 0.4) is 0 Å². The first-order chi connectivity index (χ1) is 9.20. The zero-order chi connectivity index (χ0) is 13.7. The van der Waals surface area contributed by atoms with E-state index in [0.29, 0.717) is 5.56 Å². The Kier molecular flexibility index (Phi) is 3.84. The number of nitrogens with zero attached hydrogens (tertiary/aromatic N) is 2. The van der Waals surface area contributed by atoms with E-state index in [4.69, 9.17) is 5.26 Å². The quantitative estimate of drug-likeness (QED) is 0.476. The van der Waals surface area contributed by atoms with Crippen molar-refractivity contribution in [1.29, 1.82) is 5.26 Å². The third-order valence-corrected chi connectivity index (χ3v) is 2.64. The lowest BCUT2D eigenvalue weighted by Crippen LogP contribution is -2.02. The smallest absolute Gasteiger partial charge is 0.203 e. The van der Waals surface area contributed by atoms with Crippen LogP contribution >= 0.6 is 0 Å². The Morgan fingerprint density at radius 1 is 1.32 bits per heavy atom. The molecule has 0 saturated heterocycles. The minimum atomic E-state index is -0.268. The SMILES string of the molecule is Cc1cccc(C(=O)/C(C#N)=C/c2cccnc2)c1. The van der Waals surface area contributed by atoms with E-state index in [9.17, 15) is 4.79 Å². The molecule has 3 heteroatoms. The molecule has 0 aliphatic rings. The minimum absolute atomic E-state index is 0.110. The summed E-state index contributed by atoms with van der Waals surface area (Å²) in [4.78, 5) is 16.2. The molecule has 19 heavy (non-hydrogen) atoms. The third-order valence-electron chi connectivity index (χ3n) is 2.64. The highest BCUT2D eigenvalue weighted by molar-refractivity contribution is 6.14. The fourth-order valence-corrected chi connectivity index (χ4v) is 1.72. The molecule has 0 unspecified atom stereocenters. The van der Waals surface area contributed by atoms with E-state index >= 15 is 0 Å². The second-order valence-corrected chi connectivity index (χ2v) is 4.15. The molecule has 0 bridgehead atoms. The van der Waals surface area contributed by atoms with E-state index in [-0.39, 0.29) is 11.4 Å². The van der Waals surface area contributed by atoms with Gasteiger partial charge in [-0.2, -0.15) is 5.26 Å². The van der Waals surface area contributed by atoms with Crippen LogP contribution in [0, 0.1) is 18.3 Å². The summed E-state index contributed by atoms with van der Waals surface area (Å²) in [5.41, 5.74) is 2.36. The van der Waals surface area contributed by atoms with Crippen LogP contribution in [0.1, 0.15) is 21.5 Å². The Bertz CT molecular complexity index is 667. The maximum atomic E-state index is 12.2. The zero-order valence-corrected chi connectivity index (χ0v) is 10.5. The number of Topliss-reactive ketones (excluding diaryl/α,β-unsaturated/α-hetero) is 1. The second kappa shape index (κ2) is 5.74. The van der Waals surface area contributed by atoms with Crippen LogP contribution in [0.15, 0.2) is 54.4 Å². The normalized spacial score (nSPS) is 10.8. The first kappa shape index (κ1) is 12.7. The number of hydrogen-bond acceptors (Lipinski definition) is 3. The summed E-state index contributed by atoms with van der Waals surface area (Å²) in [5, 5.41) is 9.13. The molecule has 0 saturated carbocycles. The van der Waals surface area contributed by atoms with Gasteiger partial charge in [0.2, 0.25) is 5.78 Å². The molecule has 0 amide bonds. The number of aromatic nitrogens is 1. The van der Waals surface area contributed by atoms with Gasteiger partial charge in [0, 0.05) is 18.0 Å². The molecule has 2 rings (SSSR count). The Morgan fingerprint density at radius 2 is 2.16 bits per heavy atom. The van der Waals surface area contributed by atoms with Gasteiger partial charge in [-0.1, -0.05) is 29.8 Å². The number of benzene rings is 1. The van der Waals surface area contributed by atoms with E-state index < -0.39 is 0 Å². The summed E-state index contributed by atoms with van der Waals surface area (Å²) in [5.74, 6) is -0.268. The van der Waals surface area contributed by atoms with Crippen molar-refractivity contribution in [3.63, 3.8) is 0 Å². The van der Waals surface area contributed by atoms with Crippen molar-refractivity contribution < 1.29 is 4.79 Å². The lowest BCUT2D eigenvalue weighted by molar-refractivity contribution is 0.104. The second-order valence-electron chi connectivity index (χ2n) is 4.15. The van der Waals surface area contributed by atoms with Crippen LogP contribution < -0.4 is 0 Å². The average molecular weight is 248 g/mol. The molecule has 2 aromatic rings. The molecule has 3 nitrogen and oxygen atoms in total. The Balaban J connectivity index is 2.36. The van der Waals surface area contributed by atoms with Crippen molar-refractivity contribution in [2.24, 2.45) is 0 Å². The minimum Gasteiger partial charge on any atom is -0.288 e. The Hall–Kier alpha value is -2.73. The average Bonchev–Trinajstić information content (AvgIpc) is 2.45. The largest absolute Gasteiger partial charge is 0.288 e. The molecular formula is C16H12N2O. The van der Waals surface area contributed by atoms with Crippen LogP contribution in [-0.4, -0.2) is 10.8 Å². The van der Waals surface area contributed by atoms with Crippen LogP contribution in [0.4, 0.5) is 0 Å². The summed E-state index contributed by atoms with van der Waals surface area (Å²) in [6.07, 6.45) is 4.81. The van der Waals surface area contributed by atoms with E-state index in [0.717, 1.165) is 11.1 Å². The number of carbonyl (C=O) groups excluding carboxylic acids is 1.